The Morgan fingerprint density at radius 3 is 2.90 bits per heavy atom. The smallest absolute Gasteiger partial charge is 0.129 e. The summed E-state index contributed by atoms with van der Waals surface area (Å²) in [7, 11) is 0. The van der Waals surface area contributed by atoms with Crippen molar-refractivity contribution in [3.8, 4) is 0 Å². The molecule has 0 radical (unpaired) electrons. The van der Waals surface area contributed by atoms with Crippen LogP contribution in [-0.4, -0.2) is 9.97 Å². The second-order valence-electron chi connectivity index (χ2n) is 1.97. The van der Waals surface area contributed by atoms with Gasteiger partial charge in [-0.25, -0.2) is 4.98 Å². The molecule has 1 rings (SSSR count). The van der Waals surface area contributed by atoms with E-state index < -0.39 is 0 Å². The lowest BCUT2D eigenvalue weighted by Gasteiger charge is -1.82. The molecule has 0 atom stereocenters. The Morgan fingerprint density at radius 2 is 2.40 bits per heavy atom. The van der Waals surface area contributed by atoms with Crippen LogP contribution in [0.3, 0.4) is 0 Å². The van der Waals surface area contributed by atoms with Crippen LogP contribution in [0.25, 0.3) is 6.08 Å². The fourth-order valence-corrected chi connectivity index (χ4v) is 0.734. The lowest BCUT2D eigenvalue weighted by molar-refractivity contribution is 1.14. The van der Waals surface area contributed by atoms with Gasteiger partial charge in [0.1, 0.15) is 5.82 Å². The molecule has 1 heterocycles. The van der Waals surface area contributed by atoms with Crippen LogP contribution in [0.1, 0.15) is 11.5 Å². The zero-order valence-electron chi connectivity index (χ0n) is 5.80. The van der Waals surface area contributed by atoms with Crippen LogP contribution in [0.2, 0.25) is 0 Å². The molecule has 0 saturated heterocycles. The Kier molecular flexibility index (Phi) is 2.05. The third kappa shape index (κ3) is 1.35. The number of rotatable bonds is 3. The van der Waals surface area contributed by atoms with Crippen LogP contribution >= 0.6 is 0 Å². The Balaban J connectivity index is 2.77. The number of allylic oxidation sites excluding steroid dienone is 1. The molecule has 1 aromatic rings. The van der Waals surface area contributed by atoms with Crippen LogP contribution in [-0.2, 0) is 6.42 Å². The molecular weight excluding hydrogens is 124 g/mol. The van der Waals surface area contributed by atoms with Crippen molar-refractivity contribution in [2.75, 3.05) is 0 Å². The maximum Gasteiger partial charge on any atom is 0.129 e. The molecule has 0 aliphatic carbocycles. The van der Waals surface area contributed by atoms with E-state index in [0.29, 0.717) is 0 Å². The average Bonchev–Trinajstić information content (AvgIpc) is 2.37. The Labute approximate surface area is 60.3 Å². The van der Waals surface area contributed by atoms with Crippen LogP contribution in [0.5, 0.6) is 0 Å². The second-order valence-corrected chi connectivity index (χ2v) is 1.97. The lowest BCUT2D eigenvalue weighted by atomic mass is 10.3. The minimum absolute atomic E-state index is 0.810. The number of nitrogens with zero attached hydrogens (tertiary/aromatic N) is 1. The molecule has 0 bridgehead atoms. The standard InChI is InChI=1S/C8H10N2/c1-3-5-7-6-9-8(4-2)10-7/h3-4,6H,1-2,5H2,(H,9,10). The Bertz CT molecular complexity index is 235. The number of H-pyrrole nitrogens is 1. The fourth-order valence-electron chi connectivity index (χ4n) is 0.734. The normalized spacial score (nSPS) is 9.20. The van der Waals surface area contributed by atoms with E-state index in [1.54, 1.807) is 6.08 Å². The van der Waals surface area contributed by atoms with E-state index >= 15 is 0 Å². The van der Waals surface area contributed by atoms with Gasteiger partial charge in [0.15, 0.2) is 0 Å². The topological polar surface area (TPSA) is 28.7 Å². The van der Waals surface area contributed by atoms with E-state index in [-0.39, 0.29) is 0 Å². The van der Waals surface area contributed by atoms with Gasteiger partial charge in [0, 0.05) is 12.6 Å². The highest BCUT2D eigenvalue weighted by molar-refractivity contribution is 5.36. The molecule has 10 heavy (non-hydrogen) atoms. The number of hydrogen-bond donors (Lipinski definition) is 1. The SMILES string of the molecule is C=CCc1c[nH]c(C=C)n1. The lowest BCUT2D eigenvalue weighted by Crippen LogP contribution is -1.78. The second kappa shape index (κ2) is 3.01. The molecule has 2 heteroatoms. The first-order valence-electron chi connectivity index (χ1n) is 3.14. The summed E-state index contributed by atoms with van der Waals surface area (Å²) in [5.41, 5.74) is 1.00. The number of aromatic nitrogens is 2. The largest absolute Gasteiger partial charge is 0.345 e. The maximum absolute atomic E-state index is 4.17. The predicted molar refractivity (Wildman–Crippen MR) is 42.6 cm³/mol. The van der Waals surface area contributed by atoms with Crippen molar-refractivity contribution in [2.45, 2.75) is 6.42 Å². The van der Waals surface area contributed by atoms with Crippen molar-refractivity contribution in [1.29, 1.82) is 0 Å². The minimum atomic E-state index is 0.810. The predicted octanol–water partition coefficient (Wildman–Crippen LogP) is 1.78. The van der Waals surface area contributed by atoms with E-state index in [0.717, 1.165) is 17.9 Å². The number of imidazole rings is 1. The Morgan fingerprint density at radius 1 is 1.60 bits per heavy atom. The van der Waals surface area contributed by atoms with Gasteiger partial charge in [0.2, 0.25) is 0 Å². The van der Waals surface area contributed by atoms with Crippen molar-refractivity contribution < 1.29 is 0 Å². The van der Waals surface area contributed by atoms with Crippen molar-refractivity contribution in [2.24, 2.45) is 0 Å². The molecule has 0 amide bonds. The summed E-state index contributed by atoms with van der Waals surface area (Å²) in [6.07, 6.45) is 6.18. The van der Waals surface area contributed by atoms with Crippen LogP contribution in [0.4, 0.5) is 0 Å². The molecule has 1 N–H and O–H groups in total. The van der Waals surface area contributed by atoms with Crippen molar-refractivity contribution >= 4 is 6.08 Å². The average molecular weight is 134 g/mol. The zero-order valence-corrected chi connectivity index (χ0v) is 5.80. The van der Waals surface area contributed by atoms with Gasteiger partial charge in [-0.2, -0.15) is 0 Å². The number of nitrogens with one attached hydrogen (secondary N) is 1. The molecule has 0 spiro atoms. The molecule has 0 fully saturated rings. The first-order chi connectivity index (χ1) is 4.86. The van der Waals surface area contributed by atoms with Crippen molar-refractivity contribution in [3.05, 3.63) is 36.9 Å². The summed E-state index contributed by atoms with van der Waals surface area (Å²) in [4.78, 5) is 7.14. The Hall–Kier alpha value is -1.31. The van der Waals surface area contributed by atoms with Gasteiger partial charge in [-0.05, 0) is 6.08 Å². The molecule has 0 unspecified atom stereocenters. The molecule has 0 aliphatic heterocycles. The summed E-state index contributed by atoms with van der Waals surface area (Å²) < 4.78 is 0. The van der Waals surface area contributed by atoms with Gasteiger partial charge in [0.05, 0.1) is 5.69 Å². The van der Waals surface area contributed by atoms with E-state index in [9.17, 15) is 0 Å². The number of aromatic amines is 1. The zero-order chi connectivity index (χ0) is 7.40. The van der Waals surface area contributed by atoms with E-state index in [2.05, 4.69) is 23.1 Å². The molecular formula is C8H10N2. The molecule has 2 nitrogen and oxygen atoms in total. The van der Waals surface area contributed by atoms with Crippen LogP contribution in [0.15, 0.2) is 25.4 Å². The van der Waals surface area contributed by atoms with Gasteiger partial charge in [-0.1, -0.05) is 12.7 Å². The van der Waals surface area contributed by atoms with E-state index in [1.807, 2.05) is 12.3 Å². The van der Waals surface area contributed by atoms with Gasteiger partial charge < -0.3 is 4.98 Å². The highest BCUT2D eigenvalue weighted by atomic mass is 14.9. The van der Waals surface area contributed by atoms with E-state index in [4.69, 9.17) is 0 Å². The van der Waals surface area contributed by atoms with Crippen molar-refractivity contribution in [1.82, 2.24) is 9.97 Å². The van der Waals surface area contributed by atoms with Gasteiger partial charge >= 0.3 is 0 Å². The first kappa shape index (κ1) is 6.81. The monoisotopic (exact) mass is 134 g/mol. The number of hydrogen-bond acceptors (Lipinski definition) is 1. The molecule has 0 saturated carbocycles. The van der Waals surface area contributed by atoms with E-state index in [1.165, 1.54) is 0 Å². The summed E-state index contributed by atoms with van der Waals surface area (Å²) in [6, 6.07) is 0. The highest BCUT2D eigenvalue weighted by Crippen LogP contribution is 1.98. The summed E-state index contributed by atoms with van der Waals surface area (Å²) in [5.74, 6) is 0.817. The van der Waals surface area contributed by atoms with Gasteiger partial charge in [0.25, 0.3) is 0 Å². The van der Waals surface area contributed by atoms with Crippen molar-refractivity contribution in [3.63, 3.8) is 0 Å². The van der Waals surface area contributed by atoms with Crippen LogP contribution < -0.4 is 0 Å². The molecule has 0 aliphatic rings. The third-order valence-electron chi connectivity index (χ3n) is 1.20. The maximum atomic E-state index is 4.17. The molecule has 1 aromatic heterocycles. The minimum Gasteiger partial charge on any atom is -0.345 e. The fraction of sp³-hybridized carbons (Fsp3) is 0.125. The summed E-state index contributed by atoms with van der Waals surface area (Å²) >= 11 is 0. The third-order valence-corrected chi connectivity index (χ3v) is 1.20. The van der Waals surface area contributed by atoms with Gasteiger partial charge in [-0.3, -0.25) is 0 Å². The van der Waals surface area contributed by atoms with Gasteiger partial charge in [-0.15, -0.1) is 6.58 Å². The first-order valence-corrected chi connectivity index (χ1v) is 3.14. The van der Waals surface area contributed by atoms with Crippen LogP contribution in [0, 0.1) is 0 Å². The molecule has 0 aromatic carbocycles. The summed E-state index contributed by atoms with van der Waals surface area (Å²) in [5, 5.41) is 0. The highest BCUT2D eigenvalue weighted by Gasteiger charge is 1.93. The molecule has 52 valence electrons. The summed E-state index contributed by atoms with van der Waals surface area (Å²) in [6.45, 7) is 7.20. The quantitative estimate of drug-likeness (QED) is 0.627.